The Bertz CT molecular complexity index is 2230. The van der Waals surface area contributed by atoms with Crippen molar-refractivity contribution in [2.24, 2.45) is 0 Å². The summed E-state index contributed by atoms with van der Waals surface area (Å²) in [6.45, 7) is 3.03. The summed E-state index contributed by atoms with van der Waals surface area (Å²) < 4.78 is 29.5. The fraction of sp³-hybridized carbons (Fsp3) is 0.293. The summed E-state index contributed by atoms with van der Waals surface area (Å²) in [6, 6.07) is 20.4. The van der Waals surface area contributed by atoms with Crippen LogP contribution < -0.4 is 10.2 Å². The number of aliphatic hydroxyl groups is 2. The number of hydrogen-bond acceptors (Lipinski definition) is 14. The lowest BCUT2D eigenvalue weighted by molar-refractivity contribution is -0.286. The van der Waals surface area contributed by atoms with E-state index in [0.29, 0.717) is 0 Å². The number of fused-ring (bicyclic) bond motifs is 1. The highest BCUT2D eigenvalue weighted by Gasteiger charge is 2.51. The highest BCUT2D eigenvalue weighted by Crippen LogP contribution is 2.40. The van der Waals surface area contributed by atoms with Gasteiger partial charge >= 0.3 is 11.9 Å². The van der Waals surface area contributed by atoms with Gasteiger partial charge in [-0.3, -0.25) is 14.4 Å². The van der Waals surface area contributed by atoms with Gasteiger partial charge in [0.15, 0.2) is 23.4 Å². The normalized spacial score (nSPS) is 19.5. The summed E-state index contributed by atoms with van der Waals surface area (Å²) >= 11 is 0. The minimum atomic E-state index is -1.86. The van der Waals surface area contributed by atoms with Crippen molar-refractivity contribution < 1.29 is 63.6 Å². The Balaban J connectivity index is 1.39. The molecule has 1 fully saturated rings. The number of esters is 2. The molecule has 5 aromatic rings. The third-order valence-corrected chi connectivity index (χ3v) is 9.20. The molecule has 2 heterocycles. The summed E-state index contributed by atoms with van der Waals surface area (Å²) in [5.74, 6) is -4.85. The third kappa shape index (κ3) is 8.83. The largest absolute Gasteiger partial charge is 0.508 e. The van der Waals surface area contributed by atoms with Crippen LogP contribution in [0.25, 0.3) is 22.3 Å². The van der Waals surface area contributed by atoms with E-state index in [-0.39, 0.29) is 42.6 Å². The Morgan fingerprint density at radius 3 is 1.87 bits per heavy atom. The van der Waals surface area contributed by atoms with Gasteiger partial charge in [-0.05, 0) is 56.0 Å². The molecule has 288 valence electrons. The van der Waals surface area contributed by atoms with Gasteiger partial charge in [0.05, 0.1) is 6.61 Å². The molecule has 0 amide bonds. The number of phenolic OH excluding ortho intramolecular Hbond substituents is 4. The first kappa shape index (κ1) is 38.6. The van der Waals surface area contributed by atoms with Gasteiger partial charge in [0.25, 0.3) is 0 Å². The van der Waals surface area contributed by atoms with E-state index in [9.17, 15) is 45.0 Å². The van der Waals surface area contributed by atoms with Crippen LogP contribution in [0.3, 0.4) is 0 Å². The molecule has 6 N–H and O–H groups in total. The standard InChI is InChI=1S/C41H40O14/c1-21-3-7-23(8-4-21)11-15-32(47)53-38-35(49)31(20-42)52-41(40(38)54-33(48)16-12-24-9-5-22(2)6-10-24)55-39-36(50)34-29(46)18-26(43)19-30(34)51-37(39)25-13-14-27(44)28(45)17-25/h3-10,13-14,17-19,31,35,38,40-46,49H,11-12,15-16,20H2,1-2H3/t31-,35?,38-,40-,41-/m0/s1. The maximum atomic E-state index is 14.1. The number of carbonyl (C=O) groups is 2. The van der Waals surface area contributed by atoms with Crippen molar-refractivity contribution in [3.05, 3.63) is 111 Å². The van der Waals surface area contributed by atoms with Crippen LogP contribution in [-0.4, -0.2) is 79.9 Å². The molecule has 1 aliphatic rings. The number of aromatic hydroxyl groups is 4. The zero-order valence-electron chi connectivity index (χ0n) is 29.9. The molecule has 0 aliphatic carbocycles. The van der Waals surface area contributed by atoms with Crippen molar-refractivity contribution in [2.45, 2.75) is 70.2 Å². The Labute approximate surface area is 314 Å². The number of aryl methyl sites for hydroxylation is 4. The van der Waals surface area contributed by atoms with Crippen LogP contribution in [0.15, 0.2) is 88.1 Å². The molecule has 14 heteroatoms. The SMILES string of the molecule is Cc1ccc(CCC(=O)O[C@@H]2[C@H](Oc3c(-c4ccc(O)c(O)c4)oc4cc(O)cc(O)c4c3=O)O[C@@H](CO)C(O)[C@@H]2OC(=O)CCc2ccc(C)cc2)cc1. The average molecular weight is 757 g/mol. The molecule has 0 spiro atoms. The molecule has 1 aliphatic heterocycles. The molecule has 4 aromatic carbocycles. The quantitative estimate of drug-likeness (QED) is 0.0765. The monoisotopic (exact) mass is 756 g/mol. The molecule has 5 atom stereocenters. The number of carbonyl (C=O) groups excluding carboxylic acids is 2. The molecular formula is C41H40O14. The second kappa shape index (κ2) is 16.5. The lowest BCUT2D eigenvalue weighted by Gasteiger charge is -2.42. The van der Waals surface area contributed by atoms with E-state index in [1.807, 2.05) is 62.4 Å². The Morgan fingerprint density at radius 1 is 0.727 bits per heavy atom. The average Bonchev–Trinajstić information content (AvgIpc) is 3.15. The maximum absolute atomic E-state index is 14.1. The number of ether oxygens (including phenoxy) is 4. The van der Waals surface area contributed by atoms with Crippen molar-refractivity contribution in [1.29, 1.82) is 0 Å². The van der Waals surface area contributed by atoms with E-state index in [4.69, 9.17) is 23.4 Å². The first-order valence-corrected chi connectivity index (χ1v) is 17.5. The maximum Gasteiger partial charge on any atom is 0.306 e. The summed E-state index contributed by atoms with van der Waals surface area (Å²) in [6.07, 6.45) is -8.25. The fourth-order valence-electron chi connectivity index (χ4n) is 6.17. The van der Waals surface area contributed by atoms with E-state index in [1.54, 1.807) is 0 Å². The van der Waals surface area contributed by atoms with Crippen LogP contribution in [0, 0.1) is 13.8 Å². The second-order valence-electron chi connectivity index (χ2n) is 13.3. The zero-order chi connectivity index (χ0) is 39.4. The molecule has 1 aromatic heterocycles. The van der Waals surface area contributed by atoms with Crippen LogP contribution in [0.5, 0.6) is 28.7 Å². The van der Waals surface area contributed by atoms with Gasteiger partial charge in [-0.15, -0.1) is 0 Å². The van der Waals surface area contributed by atoms with Crippen molar-refractivity contribution in [3.63, 3.8) is 0 Å². The predicted octanol–water partition coefficient (Wildman–Crippen LogP) is 4.45. The number of rotatable bonds is 12. The second-order valence-corrected chi connectivity index (χ2v) is 13.3. The van der Waals surface area contributed by atoms with Crippen LogP contribution in [0.2, 0.25) is 0 Å². The highest BCUT2D eigenvalue weighted by molar-refractivity contribution is 5.88. The molecule has 0 radical (unpaired) electrons. The molecule has 55 heavy (non-hydrogen) atoms. The van der Waals surface area contributed by atoms with Crippen LogP contribution in [-0.2, 0) is 36.6 Å². The molecular weight excluding hydrogens is 716 g/mol. The minimum absolute atomic E-state index is 0.0209. The topological polar surface area (TPSA) is 223 Å². The van der Waals surface area contributed by atoms with E-state index in [1.165, 1.54) is 6.07 Å². The molecule has 6 rings (SSSR count). The van der Waals surface area contributed by atoms with Gasteiger partial charge in [-0.2, -0.15) is 0 Å². The van der Waals surface area contributed by atoms with Gasteiger partial charge in [0.1, 0.15) is 34.7 Å². The number of hydrogen-bond donors (Lipinski definition) is 6. The lowest BCUT2D eigenvalue weighted by atomic mass is 9.98. The van der Waals surface area contributed by atoms with Crippen LogP contribution in [0.1, 0.15) is 35.1 Å². The van der Waals surface area contributed by atoms with Crippen molar-refractivity contribution in [2.75, 3.05) is 6.61 Å². The Morgan fingerprint density at radius 2 is 1.31 bits per heavy atom. The Hall–Kier alpha value is -6.09. The number of benzene rings is 4. The summed E-state index contributed by atoms with van der Waals surface area (Å²) in [7, 11) is 0. The molecule has 1 saturated heterocycles. The Kier molecular flexibility index (Phi) is 11.6. The summed E-state index contributed by atoms with van der Waals surface area (Å²) in [5.41, 5.74) is 2.41. The first-order chi connectivity index (χ1) is 26.3. The van der Waals surface area contributed by atoms with Gasteiger partial charge < -0.3 is 54.0 Å². The molecule has 14 nitrogen and oxygen atoms in total. The molecule has 0 saturated carbocycles. The summed E-state index contributed by atoms with van der Waals surface area (Å²) in [5, 5.41) is 62.2. The van der Waals surface area contributed by atoms with Crippen LogP contribution in [0.4, 0.5) is 0 Å². The van der Waals surface area contributed by atoms with Crippen LogP contribution >= 0.6 is 0 Å². The van der Waals surface area contributed by atoms with E-state index in [0.717, 1.165) is 46.5 Å². The van der Waals surface area contributed by atoms with Crippen molar-refractivity contribution >= 4 is 22.9 Å². The lowest BCUT2D eigenvalue weighted by Crippen LogP contribution is -2.62. The van der Waals surface area contributed by atoms with E-state index < -0.39 is 88.8 Å². The van der Waals surface area contributed by atoms with Gasteiger partial charge in [-0.1, -0.05) is 59.7 Å². The van der Waals surface area contributed by atoms with E-state index >= 15 is 0 Å². The van der Waals surface area contributed by atoms with Crippen molar-refractivity contribution in [3.8, 4) is 40.1 Å². The number of aliphatic hydroxyl groups excluding tert-OH is 2. The highest BCUT2D eigenvalue weighted by atomic mass is 16.7. The number of phenols is 4. The zero-order valence-corrected chi connectivity index (χ0v) is 29.9. The molecule has 0 bridgehead atoms. The minimum Gasteiger partial charge on any atom is -0.508 e. The predicted molar refractivity (Wildman–Crippen MR) is 196 cm³/mol. The summed E-state index contributed by atoms with van der Waals surface area (Å²) in [4.78, 5) is 40.9. The van der Waals surface area contributed by atoms with Crippen molar-refractivity contribution in [1.82, 2.24) is 0 Å². The van der Waals surface area contributed by atoms with Gasteiger partial charge in [0.2, 0.25) is 23.6 Å². The fourth-order valence-corrected chi connectivity index (χ4v) is 6.17. The van der Waals surface area contributed by atoms with E-state index in [2.05, 4.69) is 0 Å². The smallest absolute Gasteiger partial charge is 0.306 e. The van der Waals surface area contributed by atoms with Gasteiger partial charge in [0, 0.05) is 30.5 Å². The third-order valence-electron chi connectivity index (χ3n) is 9.20. The van der Waals surface area contributed by atoms with Gasteiger partial charge in [-0.25, -0.2) is 0 Å². The first-order valence-electron chi connectivity index (χ1n) is 17.5. The molecule has 1 unspecified atom stereocenters.